The number of nitrogens with one attached hydrogen (secondary N) is 1. The van der Waals surface area contributed by atoms with Crippen molar-refractivity contribution in [3.63, 3.8) is 0 Å². The molecule has 0 saturated carbocycles. The van der Waals surface area contributed by atoms with Crippen LogP contribution in [0.3, 0.4) is 0 Å². The summed E-state index contributed by atoms with van der Waals surface area (Å²) in [5.74, 6) is 1.66. The molecule has 1 rings (SSSR count). The minimum Gasteiger partial charge on any atom is -0.493 e. The molecule has 0 fully saturated rings. The lowest BCUT2D eigenvalue weighted by Crippen LogP contribution is -2.36. The summed E-state index contributed by atoms with van der Waals surface area (Å²) in [5.41, 5.74) is 1.14. The first-order valence-electron chi connectivity index (χ1n) is 7.70. The van der Waals surface area contributed by atoms with E-state index in [9.17, 15) is 0 Å². The van der Waals surface area contributed by atoms with Crippen LogP contribution in [-0.4, -0.2) is 31.3 Å². The lowest BCUT2D eigenvalue weighted by molar-refractivity contribution is 0.308. The van der Waals surface area contributed by atoms with E-state index in [1.165, 1.54) is 12.8 Å². The quantitative estimate of drug-likeness (QED) is 0.704. The molecule has 0 aliphatic carbocycles. The normalized spacial score (nSPS) is 11.5. The van der Waals surface area contributed by atoms with Gasteiger partial charge in [-0.05, 0) is 32.1 Å². The SMILES string of the molecule is CCOc1cccc(CNCC(CC)(CC)SC)c1OC. The number of rotatable bonds is 10. The van der Waals surface area contributed by atoms with Gasteiger partial charge in [0.15, 0.2) is 11.5 Å². The van der Waals surface area contributed by atoms with Crippen LogP contribution in [0.4, 0.5) is 0 Å². The number of benzene rings is 1. The van der Waals surface area contributed by atoms with Crippen LogP contribution in [0.1, 0.15) is 39.2 Å². The first kappa shape index (κ1) is 18.2. The topological polar surface area (TPSA) is 30.5 Å². The summed E-state index contributed by atoms with van der Waals surface area (Å²) < 4.78 is 11.5. The van der Waals surface area contributed by atoms with Gasteiger partial charge >= 0.3 is 0 Å². The fourth-order valence-electron chi connectivity index (χ4n) is 2.49. The number of hydrogen-bond acceptors (Lipinski definition) is 4. The molecule has 1 N–H and O–H groups in total. The van der Waals surface area contributed by atoms with Crippen molar-refractivity contribution in [1.29, 1.82) is 0 Å². The van der Waals surface area contributed by atoms with Crippen LogP contribution in [-0.2, 0) is 6.54 Å². The van der Waals surface area contributed by atoms with E-state index in [0.717, 1.165) is 30.2 Å². The Morgan fingerprint density at radius 2 is 1.90 bits per heavy atom. The molecule has 0 spiro atoms. The maximum absolute atomic E-state index is 5.62. The highest BCUT2D eigenvalue weighted by molar-refractivity contribution is 8.00. The lowest BCUT2D eigenvalue weighted by Gasteiger charge is -2.30. The first-order valence-corrected chi connectivity index (χ1v) is 8.93. The molecule has 0 heterocycles. The molecule has 0 aromatic heterocycles. The van der Waals surface area contributed by atoms with Crippen LogP contribution >= 0.6 is 11.8 Å². The van der Waals surface area contributed by atoms with Gasteiger partial charge < -0.3 is 14.8 Å². The predicted octanol–water partition coefficient (Wildman–Crippen LogP) is 4.11. The fourth-order valence-corrected chi connectivity index (χ4v) is 3.31. The maximum atomic E-state index is 5.62. The molecule has 0 aliphatic heterocycles. The molecule has 0 aliphatic rings. The van der Waals surface area contributed by atoms with Crippen LogP contribution in [0, 0.1) is 0 Å². The van der Waals surface area contributed by atoms with E-state index < -0.39 is 0 Å². The van der Waals surface area contributed by atoms with Gasteiger partial charge in [-0.15, -0.1) is 0 Å². The molecule has 120 valence electrons. The van der Waals surface area contributed by atoms with Crippen molar-refractivity contribution < 1.29 is 9.47 Å². The van der Waals surface area contributed by atoms with Crippen molar-refractivity contribution in [1.82, 2.24) is 5.32 Å². The van der Waals surface area contributed by atoms with E-state index in [4.69, 9.17) is 9.47 Å². The third-order valence-corrected chi connectivity index (χ3v) is 5.64. The number of methoxy groups -OCH3 is 1. The smallest absolute Gasteiger partial charge is 0.165 e. The zero-order chi connectivity index (χ0) is 15.7. The molecule has 0 saturated heterocycles. The second-order valence-electron chi connectivity index (χ2n) is 5.08. The summed E-state index contributed by atoms with van der Waals surface area (Å²) in [5, 5.41) is 3.58. The summed E-state index contributed by atoms with van der Waals surface area (Å²) in [4.78, 5) is 0. The molecule has 0 radical (unpaired) electrons. The summed E-state index contributed by atoms with van der Waals surface area (Å²) in [6.45, 7) is 8.96. The molecule has 4 heteroatoms. The lowest BCUT2D eigenvalue weighted by atomic mass is 10.0. The number of thioether (sulfide) groups is 1. The molecule has 3 nitrogen and oxygen atoms in total. The van der Waals surface area contributed by atoms with Gasteiger partial charge in [-0.2, -0.15) is 11.8 Å². The average molecular weight is 311 g/mol. The van der Waals surface area contributed by atoms with Crippen molar-refractivity contribution in [3.05, 3.63) is 23.8 Å². The Bertz CT molecular complexity index is 411. The summed E-state index contributed by atoms with van der Waals surface area (Å²) in [6, 6.07) is 6.06. The average Bonchev–Trinajstić information content (AvgIpc) is 2.52. The largest absolute Gasteiger partial charge is 0.493 e. The van der Waals surface area contributed by atoms with Crippen LogP contribution in [0.25, 0.3) is 0 Å². The van der Waals surface area contributed by atoms with Gasteiger partial charge in [0.05, 0.1) is 13.7 Å². The Morgan fingerprint density at radius 1 is 1.19 bits per heavy atom. The molecule has 21 heavy (non-hydrogen) atoms. The Balaban J connectivity index is 2.73. The van der Waals surface area contributed by atoms with Gasteiger partial charge in [0.2, 0.25) is 0 Å². The minimum absolute atomic E-state index is 0.324. The Labute approximate surface area is 133 Å². The number of para-hydroxylation sites is 1. The summed E-state index contributed by atoms with van der Waals surface area (Å²) in [6.07, 6.45) is 4.55. The highest BCUT2D eigenvalue weighted by atomic mass is 32.2. The monoisotopic (exact) mass is 311 g/mol. The van der Waals surface area contributed by atoms with Crippen LogP contribution in [0.2, 0.25) is 0 Å². The van der Waals surface area contributed by atoms with E-state index in [-0.39, 0.29) is 0 Å². The van der Waals surface area contributed by atoms with Crippen LogP contribution < -0.4 is 14.8 Å². The van der Waals surface area contributed by atoms with Crippen molar-refractivity contribution in [2.24, 2.45) is 0 Å². The summed E-state index contributed by atoms with van der Waals surface area (Å²) >= 11 is 1.96. The summed E-state index contributed by atoms with van der Waals surface area (Å²) in [7, 11) is 1.70. The van der Waals surface area contributed by atoms with E-state index in [1.807, 2.05) is 30.8 Å². The first-order chi connectivity index (χ1) is 10.2. The van der Waals surface area contributed by atoms with E-state index in [0.29, 0.717) is 11.4 Å². The molecule has 0 unspecified atom stereocenters. The molecule has 1 aromatic rings. The molecule has 1 aromatic carbocycles. The Morgan fingerprint density at radius 3 is 2.43 bits per heavy atom. The highest BCUT2D eigenvalue weighted by Gasteiger charge is 2.24. The van der Waals surface area contributed by atoms with E-state index >= 15 is 0 Å². The second-order valence-corrected chi connectivity index (χ2v) is 6.35. The van der Waals surface area contributed by atoms with Crippen LogP contribution in [0.15, 0.2) is 18.2 Å². The zero-order valence-corrected chi connectivity index (χ0v) is 14.8. The Kier molecular flexibility index (Phi) is 7.97. The minimum atomic E-state index is 0.324. The van der Waals surface area contributed by atoms with Gasteiger partial charge in [0, 0.05) is 23.4 Å². The fraction of sp³-hybridized carbons (Fsp3) is 0.647. The maximum Gasteiger partial charge on any atom is 0.165 e. The third kappa shape index (κ3) is 4.82. The standard InChI is InChI=1S/C17H29NO2S/c1-6-17(7-2,21-5)13-18-12-14-10-9-11-15(20-8-3)16(14)19-4/h9-11,18H,6-8,12-13H2,1-5H3. The highest BCUT2D eigenvalue weighted by Crippen LogP contribution is 2.32. The van der Waals surface area contributed by atoms with Crippen molar-refractivity contribution in [2.75, 3.05) is 26.5 Å². The van der Waals surface area contributed by atoms with Gasteiger partial charge in [0.1, 0.15) is 0 Å². The van der Waals surface area contributed by atoms with Crippen molar-refractivity contribution in [3.8, 4) is 11.5 Å². The van der Waals surface area contributed by atoms with Crippen molar-refractivity contribution >= 4 is 11.8 Å². The molecule has 0 atom stereocenters. The number of ether oxygens (including phenoxy) is 2. The molecule has 0 amide bonds. The van der Waals surface area contributed by atoms with Crippen LogP contribution in [0.5, 0.6) is 11.5 Å². The second kappa shape index (κ2) is 9.21. The predicted molar refractivity (Wildman–Crippen MR) is 92.7 cm³/mol. The number of hydrogen-bond donors (Lipinski definition) is 1. The van der Waals surface area contributed by atoms with Crippen molar-refractivity contribution in [2.45, 2.75) is 44.9 Å². The van der Waals surface area contributed by atoms with Gasteiger partial charge in [-0.3, -0.25) is 0 Å². The zero-order valence-electron chi connectivity index (χ0n) is 14.0. The van der Waals surface area contributed by atoms with E-state index in [2.05, 4.69) is 31.5 Å². The molecular weight excluding hydrogens is 282 g/mol. The van der Waals surface area contributed by atoms with Gasteiger partial charge in [-0.25, -0.2) is 0 Å². The van der Waals surface area contributed by atoms with E-state index in [1.54, 1.807) is 7.11 Å². The molecular formula is C17H29NO2S. The van der Waals surface area contributed by atoms with Gasteiger partial charge in [0.25, 0.3) is 0 Å². The molecule has 0 bridgehead atoms. The Hall–Kier alpha value is -0.870. The third-order valence-electron chi connectivity index (χ3n) is 4.05. The van der Waals surface area contributed by atoms with Gasteiger partial charge in [-0.1, -0.05) is 26.0 Å².